The quantitative estimate of drug-likeness (QED) is 0.516. The average molecular weight is 337 g/mol. The van der Waals surface area contributed by atoms with E-state index in [-0.39, 0.29) is 0 Å². The topological polar surface area (TPSA) is 3.24 Å². The third-order valence-corrected chi connectivity index (χ3v) is 4.65. The molecule has 0 amide bonds. The van der Waals surface area contributed by atoms with E-state index in [1.54, 1.807) is 0 Å². The summed E-state index contributed by atoms with van der Waals surface area (Å²) in [6.45, 7) is 8.13. The fraction of sp³-hybridized carbons (Fsp3) is 0.182. The van der Waals surface area contributed by atoms with Crippen molar-refractivity contribution >= 4 is 17.1 Å². The van der Waals surface area contributed by atoms with Crippen molar-refractivity contribution in [2.45, 2.75) is 27.7 Å². The lowest BCUT2D eigenvalue weighted by molar-refractivity contribution is 0.584. The molecule has 0 saturated carbocycles. The van der Waals surface area contributed by atoms with Crippen LogP contribution in [0, 0.1) is 39.3 Å². The highest BCUT2D eigenvalue weighted by molar-refractivity contribution is 5.77. The summed E-state index contributed by atoms with van der Waals surface area (Å²) in [5.41, 5.74) is 6.59. The highest BCUT2D eigenvalue weighted by Crippen LogP contribution is 2.37. The third kappa shape index (κ3) is 3.41. The van der Waals surface area contributed by atoms with E-state index in [1.807, 2.05) is 69.0 Å². The summed E-state index contributed by atoms with van der Waals surface area (Å²) in [5.74, 6) is -1.17. The summed E-state index contributed by atoms with van der Waals surface area (Å²) in [6, 6.07) is 15.7. The van der Waals surface area contributed by atoms with Crippen LogP contribution in [0.1, 0.15) is 22.3 Å². The molecule has 0 N–H and O–H groups in total. The van der Waals surface area contributed by atoms with Crippen LogP contribution in [-0.4, -0.2) is 0 Å². The summed E-state index contributed by atoms with van der Waals surface area (Å²) >= 11 is 0. The number of rotatable bonds is 3. The zero-order valence-electron chi connectivity index (χ0n) is 14.9. The zero-order chi connectivity index (χ0) is 18.1. The Morgan fingerprint density at radius 3 is 1.56 bits per heavy atom. The van der Waals surface area contributed by atoms with E-state index in [9.17, 15) is 8.78 Å². The molecule has 0 unspecified atom stereocenters. The Bertz CT molecular complexity index is 880. The van der Waals surface area contributed by atoms with Crippen molar-refractivity contribution in [2.75, 3.05) is 4.90 Å². The van der Waals surface area contributed by atoms with E-state index >= 15 is 0 Å². The molecule has 0 aliphatic rings. The molecule has 0 saturated heterocycles. The molecule has 1 nitrogen and oxygen atoms in total. The SMILES string of the molecule is Cc1ccc(N(c2ccc(C)c(C)c2)c2ccc(F)cc2F)cc1C. The van der Waals surface area contributed by atoms with Crippen molar-refractivity contribution in [1.82, 2.24) is 0 Å². The van der Waals surface area contributed by atoms with Crippen molar-refractivity contribution < 1.29 is 8.78 Å². The van der Waals surface area contributed by atoms with Gasteiger partial charge in [0, 0.05) is 17.4 Å². The second-order valence-corrected chi connectivity index (χ2v) is 6.47. The Morgan fingerprint density at radius 2 is 1.12 bits per heavy atom. The Hall–Kier alpha value is -2.68. The first-order valence-corrected chi connectivity index (χ1v) is 8.26. The first kappa shape index (κ1) is 17.2. The van der Waals surface area contributed by atoms with Gasteiger partial charge in [0.05, 0.1) is 5.69 Å². The van der Waals surface area contributed by atoms with Crippen LogP contribution in [0.15, 0.2) is 54.6 Å². The first-order valence-electron chi connectivity index (χ1n) is 8.26. The van der Waals surface area contributed by atoms with Gasteiger partial charge < -0.3 is 4.90 Å². The first-order chi connectivity index (χ1) is 11.9. The van der Waals surface area contributed by atoms with Crippen LogP contribution in [0.25, 0.3) is 0 Å². The standard InChI is InChI=1S/C22H21F2N/c1-14-5-8-19(11-16(14)3)25(20-9-6-15(2)17(4)12-20)22-10-7-18(23)13-21(22)24/h5-13H,1-4H3. The van der Waals surface area contributed by atoms with Gasteiger partial charge in [0.15, 0.2) is 0 Å². The molecule has 0 heterocycles. The molecule has 0 aliphatic carbocycles. The molecule has 3 heteroatoms. The minimum Gasteiger partial charge on any atom is -0.308 e. The summed E-state index contributed by atoms with van der Waals surface area (Å²) in [4.78, 5) is 1.83. The zero-order valence-corrected chi connectivity index (χ0v) is 14.9. The average Bonchev–Trinajstić information content (AvgIpc) is 2.56. The molecular weight excluding hydrogens is 316 g/mol. The summed E-state index contributed by atoms with van der Waals surface area (Å²) in [7, 11) is 0. The highest BCUT2D eigenvalue weighted by atomic mass is 19.1. The van der Waals surface area contributed by atoms with Gasteiger partial charge in [-0.3, -0.25) is 0 Å². The van der Waals surface area contributed by atoms with Crippen molar-refractivity contribution in [2.24, 2.45) is 0 Å². The molecule has 0 spiro atoms. The van der Waals surface area contributed by atoms with Gasteiger partial charge in [0.1, 0.15) is 11.6 Å². The van der Waals surface area contributed by atoms with E-state index in [1.165, 1.54) is 23.3 Å². The normalized spacial score (nSPS) is 10.8. The minimum absolute atomic E-state index is 0.327. The number of halogens is 2. The number of benzene rings is 3. The maximum Gasteiger partial charge on any atom is 0.150 e. The number of nitrogens with zero attached hydrogens (tertiary/aromatic N) is 1. The Morgan fingerprint density at radius 1 is 0.600 bits per heavy atom. The van der Waals surface area contributed by atoms with Crippen LogP contribution in [-0.2, 0) is 0 Å². The van der Waals surface area contributed by atoms with Gasteiger partial charge in [-0.15, -0.1) is 0 Å². The van der Waals surface area contributed by atoms with E-state index in [0.717, 1.165) is 28.6 Å². The summed E-state index contributed by atoms with van der Waals surface area (Å²) < 4.78 is 27.9. The molecular formula is C22H21F2N. The molecule has 3 rings (SSSR count). The lowest BCUT2D eigenvalue weighted by atomic mass is 10.1. The number of anilines is 3. The van der Waals surface area contributed by atoms with Crippen molar-refractivity contribution in [3.63, 3.8) is 0 Å². The third-order valence-electron chi connectivity index (χ3n) is 4.65. The van der Waals surface area contributed by atoms with Crippen LogP contribution in [0.2, 0.25) is 0 Å². The second kappa shape index (κ2) is 6.67. The molecule has 0 bridgehead atoms. The minimum atomic E-state index is -0.587. The number of hydrogen-bond donors (Lipinski definition) is 0. The predicted octanol–water partition coefficient (Wildman–Crippen LogP) is 6.67. The Kier molecular flexibility index (Phi) is 4.58. The number of aryl methyl sites for hydroxylation is 4. The van der Waals surface area contributed by atoms with Crippen LogP contribution in [0.4, 0.5) is 25.8 Å². The Labute approximate surface area is 147 Å². The fourth-order valence-corrected chi connectivity index (χ4v) is 2.82. The van der Waals surface area contributed by atoms with Crippen LogP contribution in [0.3, 0.4) is 0 Å². The van der Waals surface area contributed by atoms with Gasteiger partial charge in [0.2, 0.25) is 0 Å². The molecule has 25 heavy (non-hydrogen) atoms. The maximum absolute atomic E-state index is 14.5. The van der Waals surface area contributed by atoms with Gasteiger partial charge >= 0.3 is 0 Å². The van der Waals surface area contributed by atoms with E-state index in [0.29, 0.717) is 5.69 Å². The summed E-state index contributed by atoms with van der Waals surface area (Å²) in [6.07, 6.45) is 0. The Balaban J connectivity index is 2.23. The van der Waals surface area contributed by atoms with Crippen molar-refractivity contribution in [1.29, 1.82) is 0 Å². The largest absolute Gasteiger partial charge is 0.308 e. The van der Waals surface area contributed by atoms with Crippen molar-refractivity contribution in [3.8, 4) is 0 Å². The highest BCUT2D eigenvalue weighted by Gasteiger charge is 2.17. The van der Waals surface area contributed by atoms with E-state index < -0.39 is 11.6 Å². The molecule has 0 aliphatic heterocycles. The lowest BCUT2D eigenvalue weighted by Crippen LogP contribution is -2.12. The van der Waals surface area contributed by atoms with Gasteiger partial charge in [-0.1, -0.05) is 12.1 Å². The van der Waals surface area contributed by atoms with Crippen LogP contribution in [0.5, 0.6) is 0 Å². The monoisotopic (exact) mass is 337 g/mol. The molecule has 0 atom stereocenters. The van der Waals surface area contributed by atoms with Crippen LogP contribution < -0.4 is 4.90 Å². The van der Waals surface area contributed by atoms with E-state index in [2.05, 4.69) is 0 Å². The molecule has 3 aromatic carbocycles. The van der Waals surface area contributed by atoms with Gasteiger partial charge in [-0.2, -0.15) is 0 Å². The fourth-order valence-electron chi connectivity index (χ4n) is 2.82. The molecule has 3 aromatic rings. The van der Waals surface area contributed by atoms with Gasteiger partial charge in [-0.05, 0) is 86.3 Å². The number of hydrogen-bond acceptors (Lipinski definition) is 1. The maximum atomic E-state index is 14.5. The van der Waals surface area contributed by atoms with Crippen molar-refractivity contribution in [3.05, 3.63) is 88.5 Å². The smallest absolute Gasteiger partial charge is 0.150 e. The predicted molar refractivity (Wildman–Crippen MR) is 100.0 cm³/mol. The van der Waals surface area contributed by atoms with E-state index in [4.69, 9.17) is 0 Å². The van der Waals surface area contributed by atoms with Gasteiger partial charge in [-0.25, -0.2) is 8.78 Å². The molecule has 0 radical (unpaired) electrons. The van der Waals surface area contributed by atoms with Gasteiger partial charge in [0.25, 0.3) is 0 Å². The molecule has 128 valence electrons. The molecule has 0 aromatic heterocycles. The second-order valence-electron chi connectivity index (χ2n) is 6.47. The summed E-state index contributed by atoms with van der Waals surface area (Å²) in [5, 5.41) is 0. The van der Waals surface area contributed by atoms with Crippen LogP contribution >= 0.6 is 0 Å². The molecule has 0 fully saturated rings. The lowest BCUT2D eigenvalue weighted by Gasteiger charge is -2.27.